The molecule has 4 nitrogen and oxygen atoms in total. The van der Waals surface area contributed by atoms with E-state index in [1.165, 1.54) is 25.0 Å². The van der Waals surface area contributed by atoms with Crippen LogP contribution in [0.15, 0.2) is 4.99 Å². The van der Waals surface area contributed by atoms with Gasteiger partial charge in [0.15, 0.2) is 5.96 Å². The Kier molecular flexibility index (Phi) is 13.0. The fraction of sp³-hybridized carbons (Fsp3) is 0.933. The SMILES string of the molecule is CCNC(=NCC1CCCS1)NCCN(C)C(C)CC.I. The van der Waals surface area contributed by atoms with Crippen LogP contribution in [0.5, 0.6) is 0 Å². The number of halogens is 1. The zero-order valence-corrected chi connectivity index (χ0v) is 17.2. The molecule has 1 heterocycles. The van der Waals surface area contributed by atoms with Crippen LogP contribution in [0.2, 0.25) is 0 Å². The number of aliphatic imine (C=N–C) groups is 1. The Hall–Kier alpha value is 0.310. The third kappa shape index (κ3) is 9.13. The molecule has 1 aliphatic rings. The highest BCUT2D eigenvalue weighted by Gasteiger charge is 2.15. The Labute approximate surface area is 152 Å². The second-order valence-corrected chi connectivity index (χ2v) is 6.93. The van der Waals surface area contributed by atoms with Crippen molar-refractivity contribution in [3.05, 3.63) is 0 Å². The molecule has 0 bridgehead atoms. The van der Waals surface area contributed by atoms with Gasteiger partial charge in [-0.3, -0.25) is 4.99 Å². The van der Waals surface area contributed by atoms with E-state index in [1.54, 1.807) is 0 Å². The third-order valence-electron chi connectivity index (χ3n) is 3.92. The summed E-state index contributed by atoms with van der Waals surface area (Å²) in [5.74, 6) is 2.28. The summed E-state index contributed by atoms with van der Waals surface area (Å²) in [6.07, 6.45) is 3.88. The summed E-state index contributed by atoms with van der Waals surface area (Å²) in [6.45, 7) is 10.5. The summed E-state index contributed by atoms with van der Waals surface area (Å²) in [5, 5.41) is 7.51. The van der Waals surface area contributed by atoms with Crippen molar-refractivity contribution in [2.45, 2.75) is 51.3 Å². The Balaban J connectivity index is 0.00000400. The topological polar surface area (TPSA) is 39.7 Å². The molecule has 2 unspecified atom stereocenters. The molecule has 21 heavy (non-hydrogen) atoms. The van der Waals surface area contributed by atoms with Crippen LogP contribution < -0.4 is 10.6 Å². The molecule has 126 valence electrons. The van der Waals surface area contributed by atoms with Crippen LogP contribution in [0, 0.1) is 0 Å². The van der Waals surface area contributed by atoms with Crippen molar-refractivity contribution in [1.82, 2.24) is 15.5 Å². The van der Waals surface area contributed by atoms with Crippen molar-refractivity contribution in [2.24, 2.45) is 4.99 Å². The van der Waals surface area contributed by atoms with Gasteiger partial charge in [-0.2, -0.15) is 11.8 Å². The van der Waals surface area contributed by atoms with Gasteiger partial charge in [0.05, 0.1) is 6.54 Å². The van der Waals surface area contributed by atoms with Crippen LogP contribution in [0.25, 0.3) is 0 Å². The van der Waals surface area contributed by atoms with Crippen molar-refractivity contribution in [3.63, 3.8) is 0 Å². The summed E-state index contributed by atoms with van der Waals surface area (Å²) in [5.41, 5.74) is 0. The summed E-state index contributed by atoms with van der Waals surface area (Å²) in [7, 11) is 2.19. The van der Waals surface area contributed by atoms with E-state index in [0.717, 1.165) is 37.4 Å². The lowest BCUT2D eigenvalue weighted by Gasteiger charge is -2.24. The monoisotopic (exact) mass is 428 g/mol. The number of thioether (sulfide) groups is 1. The average Bonchev–Trinajstić information content (AvgIpc) is 2.96. The van der Waals surface area contributed by atoms with E-state index in [-0.39, 0.29) is 24.0 Å². The molecule has 1 aliphatic heterocycles. The van der Waals surface area contributed by atoms with Gasteiger partial charge in [-0.1, -0.05) is 6.92 Å². The predicted molar refractivity (Wildman–Crippen MR) is 107 cm³/mol. The number of guanidine groups is 1. The Bertz CT molecular complexity index is 283. The van der Waals surface area contributed by atoms with E-state index in [4.69, 9.17) is 4.99 Å². The van der Waals surface area contributed by atoms with Gasteiger partial charge in [0.1, 0.15) is 0 Å². The second-order valence-electron chi connectivity index (χ2n) is 5.52. The van der Waals surface area contributed by atoms with Crippen molar-refractivity contribution in [3.8, 4) is 0 Å². The van der Waals surface area contributed by atoms with Crippen LogP contribution in [0.1, 0.15) is 40.0 Å². The standard InChI is InChI=1S/C15H32N4S.HI/c1-5-13(3)19(4)10-9-17-15(16-6-2)18-12-14-8-7-11-20-14;/h13-14H,5-12H2,1-4H3,(H2,16,17,18);1H. The van der Waals surface area contributed by atoms with Crippen LogP contribution in [-0.2, 0) is 0 Å². The van der Waals surface area contributed by atoms with E-state index in [9.17, 15) is 0 Å². The molecule has 0 aliphatic carbocycles. The minimum atomic E-state index is 0. The lowest BCUT2D eigenvalue weighted by Crippen LogP contribution is -2.42. The molecular formula is C15H33IN4S. The molecule has 1 rings (SSSR count). The van der Waals surface area contributed by atoms with E-state index in [0.29, 0.717) is 6.04 Å². The third-order valence-corrected chi connectivity index (χ3v) is 5.30. The van der Waals surface area contributed by atoms with Crippen molar-refractivity contribution in [2.75, 3.05) is 39.0 Å². The lowest BCUT2D eigenvalue weighted by molar-refractivity contribution is 0.255. The molecule has 0 radical (unpaired) electrons. The first-order valence-electron chi connectivity index (χ1n) is 8.01. The van der Waals surface area contributed by atoms with Gasteiger partial charge >= 0.3 is 0 Å². The highest BCUT2D eigenvalue weighted by atomic mass is 127. The molecule has 1 fully saturated rings. The Morgan fingerprint density at radius 3 is 2.71 bits per heavy atom. The smallest absolute Gasteiger partial charge is 0.191 e. The summed E-state index contributed by atoms with van der Waals surface area (Å²) in [4.78, 5) is 7.10. The van der Waals surface area contributed by atoms with E-state index in [2.05, 4.69) is 55.1 Å². The maximum atomic E-state index is 4.71. The number of nitrogens with one attached hydrogen (secondary N) is 2. The minimum Gasteiger partial charge on any atom is -0.357 e. The zero-order valence-electron chi connectivity index (χ0n) is 14.0. The molecule has 0 amide bonds. The summed E-state index contributed by atoms with van der Waals surface area (Å²) in [6, 6.07) is 0.645. The van der Waals surface area contributed by atoms with Crippen molar-refractivity contribution < 1.29 is 0 Å². The number of hydrogen-bond donors (Lipinski definition) is 2. The van der Waals surface area contributed by atoms with Gasteiger partial charge in [-0.15, -0.1) is 24.0 Å². The van der Waals surface area contributed by atoms with Gasteiger partial charge in [-0.25, -0.2) is 0 Å². The predicted octanol–water partition coefficient (Wildman–Crippen LogP) is 2.79. The normalized spacial score (nSPS) is 20.2. The van der Waals surface area contributed by atoms with Crippen LogP contribution in [0.3, 0.4) is 0 Å². The lowest BCUT2D eigenvalue weighted by atomic mass is 10.2. The van der Waals surface area contributed by atoms with E-state index in [1.807, 2.05) is 0 Å². The second kappa shape index (κ2) is 12.8. The van der Waals surface area contributed by atoms with E-state index < -0.39 is 0 Å². The van der Waals surface area contributed by atoms with Gasteiger partial charge < -0.3 is 15.5 Å². The fourth-order valence-corrected chi connectivity index (χ4v) is 3.39. The van der Waals surface area contributed by atoms with Crippen molar-refractivity contribution in [1.29, 1.82) is 0 Å². The average molecular weight is 428 g/mol. The van der Waals surface area contributed by atoms with Gasteiger partial charge in [0.25, 0.3) is 0 Å². The molecule has 1 saturated heterocycles. The first-order chi connectivity index (χ1) is 9.67. The van der Waals surface area contributed by atoms with Crippen LogP contribution in [-0.4, -0.2) is 61.1 Å². The first-order valence-corrected chi connectivity index (χ1v) is 9.06. The molecule has 2 N–H and O–H groups in total. The first kappa shape index (κ1) is 21.3. The number of hydrogen-bond acceptors (Lipinski definition) is 3. The maximum absolute atomic E-state index is 4.71. The van der Waals surface area contributed by atoms with Gasteiger partial charge in [-0.05, 0) is 45.9 Å². The molecule has 0 aromatic heterocycles. The molecule has 0 spiro atoms. The number of nitrogens with zero attached hydrogens (tertiary/aromatic N) is 2. The molecule has 2 atom stereocenters. The molecule has 6 heteroatoms. The van der Waals surface area contributed by atoms with E-state index >= 15 is 0 Å². The maximum Gasteiger partial charge on any atom is 0.191 e. The van der Waals surface area contributed by atoms with Crippen LogP contribution in [0.4, 0.5) is 0 Å². The highest BCUT2D eigenvalue weighted by Crippen LogP contribution is 2.25. The zero-order chi connectivity index (χ0) is 14.8. The van der Waals surface area contributed by atoms with Gasteiger partial charge in [0, 0.05) is 30.9 Å². The Morgan fingerprint density at radius 2 is 2.14 bits per heavy atom. The molecule has 0 aromatic carbocycles. The molecular weight excluding hydrogens is 395 g/mol. The number of rotatable bonds is 8. The van der Waals surface area contributed by atoms with Gasteiger partial charge in [0.2, 0.25) is 0 Å². The molecule has 0 saturated carbocycles. The Morgan fingerprint density at radius 1 is 1.38 bits per heavy atom. The minimum absolute atomic E-state index is 0. The van der Waals surface area contributed by atoms with Crippen LogP contribution >= 0.6 is 35.7 Å². The summed E-state index contributed by atoms with van der Waals surface area (Å²) < 4.78 is 0. The highest BCUT2D eigenvalue weighted by molar-refractivity contribution is 14.0. The quantitative estimate of drug-likeness (QED) is 0.354. The fourth-order valence-electron chi connectivity index (χ4n) is 2.21. The molecule has 0 aromatic rings. The van der Waals surface area contributed by atoms with Crippen molar-refractivity contribution >= 4 is 41.7 Å². The number of likely N-dealkylation sites (N-methyl/N-ethyl adjacent to an activating group) is 1. The summed E-state index contributed by atoms with van der Waals surface area (Å²) >= 11 is 2.07. The largest absolute Gasteiger partial charge is 0.357 e.